The summed E-state index contributed by atoms with van der Waals surface area (Å²) in [5, 5.41) is 10.1. The average Bonchev–Trinajstić information content (AvgIpc) is 2.76. The summed E-state index contributed by atoms with van der Waals surface area (Å²) in [6.45, 7) is 6.52. The Kier molecular flexibility index (Phi) is 4.27. The third-order valence-electron chi connectivity index (χ3n) is 4.23. The molecule has 106 valence electrons. The number of aromatic nitrogens is 2. The summed E-state index contributed by atoms with van der Waals surface area (Å²) in [6, 6.07) is 1.94. The van der Waals surface area contributed by atoms with Gasteiger partial charge in [0.2, 0.25) is 5.91 Å². The zero-order chi connectivity index (χ0) is 13.9. The number of nitrogens with zero attached hydrogens (tertiary/aromatic N) is 1. The van der Waals surface area contributed by atoms with Crippen LogP contribution in [0.25, 0.3) is 0 Å². The van der Waals surface area contributed by atoms with E-state index in [9.17, 15) is 4.79 Å². The molecule has 1 aliphatic carbocycles. The number of amides is 1. The summed E-state index contributed by atoms with van der Waals surface area (Å²) in [4.78, 5) is 12.4. The fourth-order valence-electron chi connectivity index (χ4n) is 3.02. The largest absolute Gasteiger partial charge is 0.309 e. The van der Waals surface area contributed by atoms with E-state index in [0.717, 1.165) is 37.8 Å². The number of aromatic amines is 1. The molecule has 0 aliphatic heterocycles. The molecule has 1 aromatic heterocycles. The van der Waals surface area contributed by atoms with E-state index in [2.05, 4.69) is 36.3 Å². The van der Waals surface area contributed by atoms with Crippen molar-refractivity contribution in [3.8, 4) is 0 Å². The first kappa shape index (κ1) is 14.1. The van der Waals surface area contributed by atoms with Crippen LogP contribution in [-0.2, 0) is 11.2 Å². The number of H-pyrrole nitrogens is 1. The van der Waals surface area contributed by atoms with Crippen LogP contribution in [0.5, 0.6) is 0 Å². The van der Waals surface area contributed by atoms with Crippen LogP contribution in [0.4, 0.5) is 5.82 Å². The minimum Gasteiger partial charge on any atom is -0.309 e. The molecule has 1 unspecified atom stereocenters. The Balaban J connectivity index is 1.99. The molecule has 0 saturated heterocycles. The summed E-state index contributed by atoms with van der Waals surface area (Å²) in [7, 11) is 0. The van der Waals surface area contributed by atoms with Crippen molar-refractivity contribution in [2.24, 2.45) is 11.3 Å². The van der Waals surface area contributed by atoms with Crippen LogP contribution in [0.1, 0.15) is 58.6 Å². The Hall–Kier alpha value is -1.32. The second kappa shape index (κ2) is 5.76. The minimum atomic E-state index is 0.102. The third-order valence-corrected chi connectivity index (χ3v) is 4.23. The molecule has 1 saturated carbocycles. The smallest absolute Gasteiger partial charge is 0.229 e. The van der Waals surface area contributed by atoms with E-state index in [1.807, 2.05) is 6.07 Å². The normalized spacial score (nSPS) is 22.2. The predicted octanol–water partition coefficient (Wildman–Crippen LogP) is 3.52. The molecule has 1 amide bonds. The maximum atomic E-state index is 12.4. The zero-order valence-corrected chi connectivity index (χ0v) is 12.3. The van der Waals surface area contributed by atoms with E-state index < -0.39 is 0 Å². The van der Waals surface area contributed by atoms with Crippen molar-refractivity contribution in [3.63, 3.8) is 0 Å². The fourth-order valence-corrected chi connectivity index (χ4v) is 3.02. The van der Waals surface area contributed by atoms with Gasteiger partial charge in [-0.25, -0.2) is 0 Å². The van der Waals surface area contributed by atoms with Gasteiger partial charge in [0, 0.05) is 17.7 Å². The first-order valence-electron chi connectivity index (χ1n) is 7.38. The summed E-state index contributed by atoms with van der Waals surface area (Å²) >= 11 is 0. The monoisotopic (exact) mass is 263 g/mol. The van der Waals surface area contributed by atoms with Gasteiger partial charge < -0.3 is 5.32 Å². The molecule has 1 aliphatic rings. The predicted molar refractivity (Wildman–Crippen MR) is 77.0 cm³/mol. The lowest BCUT2D eigenvalue weighted by Gasteiger charge is -2.37. The van der Waals surface area contributed by atoms with Gasteiger partial charge in [0.05, 0.1) is 0 Å². The number of hydrogen-bond acceptors (Lipinski definition) is 2. The molecule has 1 atom stereocenters. The van der Waals surface area contributed by atoms with Gasteiger partial charge >= 0.3 is 0 Å². The molecule has 0 spiro atoms. The Bertz CT molecular complexity index is 436. The Morgan fingerprint density at radius 2 is 2.32 bits per heavy atom. The van der Waals surface area contributed by atoms with Crippen molar-refractivity contribution in [1.82, 2.24) is 10.2 Å². The molecule has 1 heterocycles. The molecule has 2 rings (SSSR count). The number of hydrogen-bond donors (Lipinski definition) is 2. The molecule has 2 N–H and O–H groups in total. The molecule has 19 heavy (non-hydrogen) atoms. The Morgan fingerprint density at radius 1 is 1.53 bits per heavy atom. The van der Waals surface area contributed by atoms with Gasteiger partial charge in [-0.3, -0.25) is 9.89 Å². The van der Waals surface area contributed by atoms with Gasteiger partial charge in [0.1, 0.15) is 0 Å². The number of rotatable bonds is 4. The Labute approximate surface area is 115 Å². The van der Waals surface area contributed by atoms with Crippen LogP contribution in [-0.4, -0.2) is 16.1 Å². The lowest BCUT2D eigenvalue weighted by molar-refractivity contribution is -0.124. The van der Waals surface area contributed by atoms with Gasteiger partial charge in [-0.05, 0) is 24.7 Å². The number of carbonyl (C=O) groups is 1. The van der Waals surface area contributed by atoms with E-state index in [1.165, 1.54) is 6.42 Å². The van der Waals surface area contributed by atoms with Crippen molar-refractivity contribution in [2.45, 2.75) is 59.3 Å². The van der Waals surface area contributed by atoms with E-state index >= 15 is 0 Å². The highest BCUT2D eigenvalue weighted by Gasteiger charge is 2.37. The van der Waals surface area contributed by atoms with Crippen molar-refractivity contribution in [2.75, 3.05) is 5.32 Å². The van der Waals surface area contributed by atoms with Crippen LogP contribution < -0.4 is 5.32 Å². The van der Waals surface area contributed by atoms with Crippen LogP contribution in [0.3, 0.4) is 0 Å². The topological polar surface area (TPSA) is 57.8 Å². The lowest BCUT2D eigenvalue weighted by atomic mass is 9.68. The number of aryl methyl sites for hydroxylation is 1. The van der Waals surface area contributed by atoms with Gasteiger partial charge in [-0.15, -0.1) is 0 Å². The fraction of sp³-hybridized carbons (Fsp3) is 0.733. The third kappa shape index (κ3) is 3.37. The van der Waals surface area contributed by atoms with Crippen LogP contribution in [0.2, 0.25) is 0 Å². The minimum absolute atomic E-state index is 0.102. The van der Waals surface area contributed by atoms with Crippen molar-refractivity contribution in [3.05, 3.63) is 11.8 Å². The highest BCUT2D eigenvalue weighted by molar-refractivity contribution is 5.92. The maximum Gasteiger partial charge on any atom is 0.229 e. The van der Waals surface area contributed by atoms with E-state index in [1.54, 1.807) is 0 Å². The molecule has 4 heteroatoms. The van der Waals surface area contributed by atoms with Crippen molar-refractivity contribution in [1.29, 1.82) is 0 Å². The van der Waals surface area contributed by atoms with E-state index in [-0.39, 0.29) is 17.2 Å². The molecule has 1 fully saturated rings. The molecule has 0 aromatic carbocycles. The lowest BCUT2D eigenvalue weighted by Crippen LogP contribution is -2.37. The maximum absolute atomic E-state index is 12.4. The van der Waals surface area contributed by atoms with Gasteiger partial charge in [-0.1, -0.05) is 40.0 Å². The molecule has 0 radical (unpaired) electrons. The van der Waals surface area contributed by atoms with Crippen LogP contribution in [0.15, 0.2) is 6.07 Å². The average molecular weight is 263 g/mol. The SMILES string of the molecule is CCCc1cc(NC(=O)C2CCCCC2(C)C)n[nH]1. The van der Waals surface area contributed by atoms with Crippen molar-refractivity contribution < 1.29 is 4.79 Å². The number of anilines is 1. The number of carbonyl (C=O) groups excluding carboxylic acids is 1. The van der Waals surface area contributed by atoms with Gasteiger partial charge in [0.25, 0.3) is 0 Å². The van der Waals surface area contributed by atoms with Gasteiger partial charge in [0.15, 0.2) is 5.82 Å². The number of nitrogens with one attached hydrogen (secondary N) is 2. The van der Waals surface area contributed by atoms with E-state index in [0.29, 0.717) is 5.82 Å². The van der Waals surface area contributed by atoms with Gasteiger partial charge in [-0.2, -0.15) is 5.10 Å². The Morgan fingerprint density at radius 3 is 3.00 bits per heavy atom. The van der Waals surface area contributed by atoms with Crippen LogP contribution in [0, 0.1) is 11.3 Å². The second-order valence-electron chi connectivity index (χ2n) is 6.30. The standard InChI is InChI=1S/C15H25N3O/c1-4-7-11-10-13(18-17-11)16-14(19)12-8-5-6-9-15(12,2)3/h10,12H,4-9H2,1-3H3,(H2,16,17,18,19). The van der Waals surface area contributed by atoms with Crippen molar-refractivity contribution >= 4 is 11.7 Å². The zero-order valence-electron chi connectivity index (χ0n) is 12.3. The molecule has 1 aromatic rings. The summed E-state index contributed by atoms with van der Waals surface area (Å²) in [5.41, 5.74) is 1.19. The second-order valence-corrected chi connectivity index (χ2v) is 6.30. The highest BCUT2D eigenvalue weighted by Crippen LogP contribution is 2.40. The first-order valence-corrected chi connectivity index (χ1v) is 7.38. The molecule has 0 bridgehead atoms. The quantitative estimate of drug-likeness (QED) is 0.873. The molecule has 4 nitrogen and oxygen atoms in total. The summed E-state index contributed by atoms with van der Waals surface area (Å²) in [5.74, 6) is 0.890. The molecular formula is C15H25N3O. The van der Waals surface area contributed by atoms with Crippen LogP contribution >= 0.6 is 0 Å². The first-order chi connectivity index (χ1) is 9.03. The highest BCUT2D eigenvalue weighted by atomic mass is 16.2. The summed E-state index contributed by atoms with van der Waals surface area (Å²) in [6.07, 6.45) is 6.56. The summed E-state index contributed by atoms with van der Waals surface area (Å²) < 4.78 is 0. The van der Waals surface area contributed by atoms with E-state index in [4.69, 9.17) is 0 Å². The molecular weight excluding hydrogens is 238 g/mol.